The zero-order valence-electron chi connectivity index (χ0n) is 9.19. The lowest BCUT2D eigenvalue weighted by Gasteiger charge is -2.13. The maximum Gasteiger partial charge on any atom is 0.125 e. The summed E-state index contributed by atoms with van der Waals surface area (Å²) < 4.78 is 13.2. The summed E-state index contributed by atoms with van der Waals surface area (Å²) in [6.45, 7) is 1.77. The molecule has 5 heteroatoms. The summed E-state index contributed by atoms with van der Waals surface area (Å²) in [5.74, 6) is 0.246. The molecule has 2 rings (SSSR count). The smallest absolute Gasteiger partial charge is 0.125 e. The summed E-state index contributed by atoms with van der Waals surface area (Å²) in [6, 6.07) is 5.24. The van der Waals surface area contributed by atoms with Crippen LogP contribution in [0.2, 0.25) is 5.02 Å². The summed E-state index contributed by atoms with van der Waals surface area (Å²) in [7, 11) is 0. The Kier molecular flexibility index (Phi) is 3.36. The highest BCUT2D eigenvalue weighted by molar-refractivity contribution is 6.31. The van der Waals surface area contributed by atoms with Gasteiger partial charge in [-0.1, -0.05) is 11.6 Å². The van der Waals surface area contributed by atoms with E-state index in [9.17, 15) is 4.39 Å². The van der Waals surface area contributed by atoms with Gasteiger partial charge in [0.1, 0.15) is 11.6 Å². The Balaban J connectivity index is 2.43. The molecule has 17 heavy (non-hydrogen) atoms. The molecule has 2 N–H and O–H groups in total. The summed E-state index contributed by atoms with van der Waals surface area (Å²) >= 11 is 5.99. The molecule has 0 aliphatic carbocycles. The van der Waals surface area contributed by atoms with E-state index in [1.807, 2.05) is 0 Å². The Morgan fingerprint density at radius 2 is 2.12 bits per heavy atom. The number of benzene rings is 1. The van der Waals surface area contributed by atoms with E-state index in [-0.39, 0.29) is 5.82 Å². The number of hydrogen-bond donors (Lipinski definition) is 1. The Hall–Kier alpha value is -1.52. The van der Waals surface area contributed by atoms with Crippen molar-refractivity contribution >= 4 is 11.6 Å². The van der Waals surface area contributed by atoms with Crippen molar-refractivity contribution in [1.82, 2.24) is 9.97 Å². The summed E-state index contributed by atoms with van der Waals surface area (Å²) in [5, 5.41) is 0.426. The highest BCUT2D eigenvalue weighted by atomic mass is 35.5. The third-order valence-electron chi connectivity index (χ3n) is 2.41. The molecule has 1 aromatic heterocycles. The van der Waals surface area contributed by atoms with Gasteiger partial charge in [-0.2, -0.15) is 0 Å². The summed E-state index contributed by atoms with van der Waals surface area (Å²) in [4.78, 5) is 8.19. The van der Waals surface area contributed by atoms with Crippen LogP contribution in [0.5, 0.6) is 0 Å². The highest BCUT2D eigenvalue weighted by Crippen LogP contribution is 2.26. The number of rotatable bonds is 2. The molecular formula is C12H11ClFN3. The molecular weight excluding hydrogens is 241 g/mol. The Morgan fingerprint density at radius 1 is 1.35 bits per heavy atom. The predicted molar refractivity (Wildman–Crippen MR) is 64.2 cm³/mol. The number of aryl methyl sites for hydroxylation is 1. The van der Waals surface area contributed by atoms with Crippen LogP contribution in [0.3, 0.4) is 0 Å². The third kappa shape index (κ3) is 2.60. The summed E-state index contributed by atoms with van der Waals surface area (Å²) in [6.07, 6.45) is 1.62. The van der Waals surface area contributed by atoms with Crippen LogP contribution in [0.4, 0.5) is 4.39 Å². The van der Waals surface area contributed by atoms with Crippen LogP contribution in [0.1, 0.15) is 23.1 Å². The monoisotopic (exact) mass is 251 g/mol. The normalized spacial score (nSPS) is 12.5. The fourth-order valence-electron chi connectivity index (χ4n) is 1.56. The van der Waals surface area contributed by atoms with Gasteiger partial charge >= 0.3 is 0 Å². The minimum atomic E-state index is -0.556. The third-order valence-corrected chi connectivity index (χ3v) is 2.75. The molecule has 0 fully saturated rings. The first kappa shape index (κ1) is 12.0. The minimum Gasteiger partial charge on any atom is -0.319 e. The van der Waals surface area contributed by atoms with Crippen molar-refractivity contribution in [2.45, 2.75) is 13.0 Å². The molecule has 0 saturated heterocycles. The fourth-order valence-corrected chi connectivity index (χ4v) is 1.80. The van der Waals surface area contributed by atoms with Crippen molar-refractivity contribution in [3.05, 3.63) is 58.4 Å². The van der Waals surface area contributed by atoms with Crippen LogP contribution in [0.25, 0.3) is 0 Å². The van der Waals surface area contributed by atoms with Crippen molar-refractivity contribution in [2.24, 2.45) is 5.73 Å². The first-order chi connectivity index (χ1) is 8.08. The van der Waals surface area contributed by atoms with Gasteiger partial charge < -0.3 is 5.73 Å². The quantitative estimate of drug-likeness (QED) is 0.893. The molecule has 0 bridgehead atoms. The Bertz CT molecular complexity index is 545. The van der Waals surface area contributed by atoms with Gasteiger partial charge in [0.25, 0.3) is 0 Å². The van der Waals surface area contributed by atoms with E-state index in [1.165, 1.54) is 18.2 Å². The van der Waals surface area contributed by atoms with Crippen LogP contribution in [-0.2, 0) is 0 Å². The maximum absolute atomic E-state index is 13.2. The number of aromatic nitrogens is 2. The lowest BCUT2D eigenvalue weighted by atomic mass is 10.0. The molecule has 3 nitrogen and oxygen atoms in total. The van der Waals surface area contributed by atoms with Crippen LogP contribution >= 0.6 is 11.6 Å². The fraction of sp³-hybridized carbons (Fsp3) is 0.167. The first-order valence-corrected chi connectivity index (χ1v) is 5.46. The molecule has 0 saturated carbocycles. The van der Waals surface area contributed by atoms with E-state index in [0.717, 1.165) is 0 Å². The van der Waals surface area contributed by atoms with Gasteiger partial charge in [0.2, 0.25) is 0 Å². The van der Waals surface area contributed by atoms with E-state index in [1.54, 1.807) is 19.2 Å². The SMILES string of the molecule is Cc1nccc(C(N)c2cc(F)ccc2Cl)n1. The van der Waals surface area contributed by atoms with Crippen LogP contribution in [0, 0.1) is 12.7 Å². The second-order valence-corrected chi connectivity index (χ2v) is 4.08. The lowest BCUT2D eigenvalue weighted by Crippen LogP contribution is -2.15. The molecule has 1 aromatic carbocycles. The molecule has 0 aliphatic heterocycles. The number of halogens is 2. The largest absolute Gasteiger partial charge is 0.319 e. The van der Waals surface area contributed by atoms with E-state index >= 15 is 0 Å². The molecule has 2 aromatic rings. The Labute approximate surface area is 103 Å². The second kappa shape index (κ2) is 4.77. The molecule has 0 radical (unpaired) electrons. The van der Waals surface area contributed by atoms with Gasteiger partial charge in [0, 0.05) is 11.2 Å². The molecule has 0 aliphatic rings. The van der Waals surface area contributed by atoms with Crippen molar-refractivity contribution < 1.29 is 4.39 Å². The van der Waals surface area contributed by atoms with Gasteiger partial charge in [-0.05, 0) is 36.8 Å². The van der Waals surface area contributed by atoms with Crippen LogP contribution in [0.15, 0.2) is 30.5 Å². The van der Waals surface area contributed by atoms with Crippen molar-refractivity contribution in [2.75, 3.05) is 0 Å². The molecule has 1 atom stereocenters. The average molecular weight is 252 g/mol. The van der Waals surface area contributed by atoms with Crippen LogP contribution < -0.4 is 5.73 Å². The molecule has 88 valence electrons. The standard InChI is InChI=1S/C12H11ClFN3/c1-7-16-5-4-11(17-7)12(15)9-6-8(14)2-3-10(9)13/h2-6,12H,15H2,1H3. The maximum atomic E-state index is 13.2. The lowest BCUT2D eigenvalue weighted by molar-refractivity contribution is 0.623. The van der Waals surface area contributed by atoms with Crippen molar-refractivity contribution in [3.8, 4) is 0 Å². The molecule has 0 spiro atoms. The number of nitrogens with two attached hydrogens (primary N) is 1. The highest BCUT2D eigenvalue weighted by Gasteiger charge is 2.14. The predicted octanol–water partition coefficient (Wildman–Crippen LogP) is 2.63. The van der Waals surface area contributed by atoms with Gasteiger partial charge in [-0.3, -0.25) is 0 Å². The van der Waals surface area contributed by atoms with E-state index < -0.39 is 6.04 Å². The average Bonchev–Trinajstić information content (AvgIpc) is 2.31. The number of hydrogen-bond acceptors (Lipinski definition) is 3. The van der Waals surface area contributed by atoms with Crippen molar-refractivity contribution in [1.29, 1.82) is 0 Å². The van der Waals surface area contributed by atoms with Gasteiger partial charge in [-0.25, -0.2) is 14.4 Å². The van der Waals surface area contributed by atoms with Gasteiger partial charge in [-0.15, -0.1) is 0 Å². The number of nitrogens with zero attached hydrogens (tertiary/aromatic N) is 2. The zero-order valence-corrected chi connectivity index (χ0v) is 9.95. The molecule has 0 amide bonds. The first-order valence-electron chi connectivity index (χ1n) is 5.08. The minimum absolute atomic E-state index is 0.370. The Morgan fingerprint density at radius 3 is 2.82 bits per heavy atom. The van der Waals surface area contributed by atoms with Gasteiger partial charge in [0.15, 0.2) is 0 Å². The van der Waals surface area contributed by atoms with Gasteiger partial charge in [0.05, 0.1) is 11.7 Å². The second-order valence-electron chi connectivity index (χ2n) is 3.67. The molecule has 1 unspecified atom stereocenters. The topological polar surface area (TPSA) is 51.8 Å². The van der Waals surface area contributed by atoms with Crippen molar-refractivity contribution in [3.63, 3.8) is 0 Å². The van der Waals surface area contributed by atoms with E-state index in [2.05, 4.69) is 9.97 Å². The van der Waals surface area contributed by atoms with Crippen LogP contribution in [-0.4, -0.2) is 9.97 Å². The van der Waals surface area contributed by atoms with E-state index in [4.69, 9.17) is 17.3 Å². The summed E-state index contributed by atoms with van der Waals surface area (Å²) in [5.41, 5.74) is 7.15. The molecule has 1 heterocycles. The van der Waals surface area contributed by atoms with E-state index in [0.29, 0.717) is 22.1 Å². The zero-order chi connectivity index (χ0) is 12.4.